The van der Waals surface area contributed by atoms with Gasteiger partial charge in [0.1, 0.15) is 6.54 Å². The van der Waals surface area contributed by atoms with Crippen LogP contribution in [0.2, 0.25) is 0 Å². The fourth-order valence-electron chi connectivity index (χ4n) is 3.31. The van der Waals surface area contributed by atoms with Crippen molar-refractivity contribution in [1.82, 2.24) is 0 Å². The first kappa shape index (κ1) is 26.3. The third kappa shape index (κ3) is 8.49. The first-order valence-corrected chi connectivity index (χ1v) is 11.6. The number of pyridine rings is 1. The van der Waals surface area contributed by atoms with Gasteiger partial charge in [0.05, 0.1) is 0 Å². The van der Waals surface area contributed by atoms with Gasteiger partial charge in [0.25, 0.3) is 0 Å². The first-order valence-electron chi connectivity index (χ1n) is 10.4. The number of benzene rings is 2. The number of nitrogens with zero attached hydrogens (tertiary/aromatic N) is 3. The highest BCUT2D eigenvalue weighted by molar-refractivity contribution is 5.80. The van der Waals surface area contributed by atoms with E-state index >= 15 is 0 Å². The van der Waals surface area contributed by atoms with Gasteiger partial charge in [0.15, 0.2) is 0 Å². The van der Waals surface area contributed by atoms with Crippen molar-refractivity contribution in [3.05, 3.63) is 78.0 Å². The number of fused-ring (bicyclic) bond motifs is 1. The number of aromatic nitrogens is 1. The van der Waals surface area contributed by atoms with Crippen LogP contribution in [0, 0.1) is 10.2 Å². The molecule has 0 aliphatic carbocycles. The molecule has 0 saturated carbocycles. The van der Waals surface area contributed by atoms with Crippen molar-refractivity contribution in [3.63, 3.8) is 0 Å². The average molecular weight is 472 g/mol. The predicted octanol–water partition coefficient (Wildman–Crippen LogP) is 0.250. The molecule has 2 aromatic carbocycles. The van der Waals surface area contributed by atoms with Gasteiger partial charge < -0.3 is 9.80 Å². The summed E-state index contributed by atoms with van der Waals surface area (Å²) < 4.78 is 36.3. The van der Waals surface area contributed by atoms with Crippen LogP contribution >= 0.6 is 0 Å². The number of hydrogen-bond donors (Lipinski definition) is 0. The van der Waals surface area contributed by atoms with Crippen molar-refractivity contribution in [1.29, 1.82) is 0 Å². The molecule has 3 rings (SSSR count). The molecule has 3 aromatic rings. The van der Waals surface area contributed by atoms with Gasteiger partial charge in [0.2, 0.25) is 11.2 Å². The molecular weight excluding hydrogens is 442 g/mol. The molecule has 0 atom stereocenters. The molecule has 8 heteroatoms. The van der Waals surface area contributed by atoms with E-state index < -0.39 is 10.2 Å². The van der Waals surface area contributed by atoms with E-state index in [1.54, 1.807) is 0 Å². The monoisotopic (exact) mass is 471 g/mol. The third-order valence-corrected chi connectivity index (χ3v) is 4.96. The van der Waals surface area contributed by atoms with Gasteiger partial charge in [0, 0.05) is 63.2 Å². The summed E-state index contributed by atoms with van der Waals surface area (Å²) in [6, 6.07) is 19.6. The summed E-state index contributed by atoms with van der Waals surface area (Å²) in [7, 11) is 3.32. The lowest BCUT2D eigenvalue weighted by Gasteiger charge is -2.17. The molecule has 0 aliphatic rings. The normalized spacial score (nSPS) is 11.7. The van der Waals surface area contributed by atoms with Crippen LogP contribution in [0.1, 0.15) is 18.2 Å². The first-order chi connectivity index (χ1) is 15.5. The Morgan fingerprint density at radius 2 is 1.30 bits per heavy atom. The molecule has 0 radical (unpaired) electrons. The van der Waals surface area contributed by atoms with Gasteiger partial charge in [-0.15, -0.1) is 10.2 Å². The molecule has 1 aromatic heterocycles. The van der Waals surface area contributed by atoms with E-state index in [0.29, 0.717) is 0 Å². The van der Waals surface area contributed by atoms with Gasteiger partial charge in [-0.2, -0.15) is 4.57 Å². The number of rotatable bonds is 6. The molecule has 1 heterocycles. The van der Waals surface area contributed by atoms with E-state index in [1.807, 2.05) is 0 Å². The van der Waals surface area contributed by atoms with Gasteiger partial charge in [-0.05, 0) is 42.8 Å². The highest BCUT2D eigenvalue weighted by Crippen LogP contribution is 2.19. The van der Waals surface area contributed by atoms with Crippen LogP contribution in [0.25, 0.3) is 23.1 Å². The van der Waals surface area contributed by atoms with Crippen molar-refractivity contribution < 1.29 is 33.4 Å². The smallest absolute Gasteiger partial charge is 0.213 e. The van der Waals surface area contributed by atoms with Crippen LogP contribution in [0.15, 0.2) is 66.7 Å². The fraction of sp³-hybridized carbons (Fsp3) is 0.240. The summed E-state index contributed by atoms with van der Waals surface area (Å²) in [6.45, 7) is 3.13. The third-order valence-electron chi connectivity index (χ3n) is 4.96. The molecule has 0 bridgehead atoms. The molecule has 0 N–H and O–H groups in total. The van der Waals surface area contributed by atoms with E-state index in [0.717, 1.165) is 6.54 Å². The Morgan fingerprint density at radius 1 is 0.758 bits per heavy atom. The van der Waals surface area contributed by atoms with Gasteiger partial charge in [-0.1, -0.05) is 30.4 Å². The Hall–Kier alpha value is -2.94. The highest BCUT2D eigenvalue weighted by atomic mass is 35.7. The standard InChI is InChI=1S/C25H30N3.ClHO4/c1-6-28-23(16-13-21-19-24(27(4)5)17-18-25(21)28)10-8-7-9-20-11-14-22(15-12-20)26(2)3;2-1(3,4)5/h7-19H,6H2,1-5H3;(H,2,3,4,5)/q+1;/p-1. The maximum atomic E-state index is 8.49. The van der Waals surface area contributed by atoms with E-state index in [-0.39, 0.29) is 0 Å². The summed E-state index contributed by atoms with van der Waals surface area (Å²) in [5.74, 6) is 0. The zero-order valence-electron chi connectivity index (χ0n) is 19.6. The Bertz CT molecular complexity index is 1100. The summed E-state index contributed by atoms with van der Waals surface area (Å²) >= 11 is 0. The van der Waals surface area contributed by atoms with Crippen molar-refractivity contribution in [2.24, 2.45) is 0 Å². The molecule has 0 fully saturated rings. The Kier molecular flexibility index (Phi) is 9.40. The Labute approximate surface area is 197 Å². The van der Waals surface area contributed by atoms with Crippen LogP contribution in [-0.2, 0) is 6.54 Å². The van der Waals surface area contributed by atoms with Crippen molar-refractivity contribution in [3.8, 4) is 0 Å². The SMILES string of the molecule is CC[n+]1c(C=CC=Cc2ccc(N(C)C)cc2)ccc2cc(N(C)C)ccc21.[O-][Cl+3]([O-])([O-])[O-]. The lowest BCUT2D eigenvalue weighted by atomic mass is 10.1. The minimum Gasteiger partial charge on any atom is -0.378 e. The summed E-state index contributed by atoms with van der Waals surface area (Å²) in [5, 5.41) is 1.27. The quantitative estimate of drug-likeness (QED) is 0.377. The van der Waals surface area contributed by atoms with Crippen LogP contribution < -0.4 is 33.0 Å². The average Bonchev–Trinajstić information content (AvgIpc) is 2.75. The second-order valence-corrected chi connectivity index (χ2v) is 8.48. The molecular formula is C25H30ClN3O4. The summed E-state index contributed by atoms with van der Waals surface area (Å²) in [4.78, 5) is 4.25. The van der Waals surface area contributed by atoms with E-state index in [2.05, 4.69) is 128 Å². The molecule has 176 valence electrons. The number of allylic oxidation sites excluding steroid dienone is 2. The summed E-state index contributed by atoms with van der Waals surface area (Å²) in [6.07, 6.45) is 8.52. The molecule has 0 aliphatic heterocycles. The zero-order valence-corrected chi connectivity index (χ0v) is 20.3. The maximum Gasteiger partial charge on any atom is 0.213 e. The summed E-state index contributed by atoms with van der Waals surface area (Å²) in [5.41, 5.74) is 6.11. The van der Waals surface area contributed by atoms with Crippen LogP contribution in [0.3, 0.4) is 0 Å². The topological polar surface area (TPSA) is 103 Å². The van der Waals surface area contributed by atoms with Crippen molar-refractivity contribution >= 4 is 34.4 Å². The Balaban J connectivity index is 0.000000696. The van der Waals surface area contributed by atoms with Gasteiger partial charge in [-0.25, -0.2) is 18.6 Å². The molecule has 0 saturated heterocycles. The van der Waals surface area contributed by atoms with Crippen LogP contribution in [0.5, 0.6) is 0 Å². The zero-order chi connectivity index (χ0) is 24.6. The minimum absolute atomic E-state index is 0.939. The number of halogens is 1. The predicted molar refractivity (Wildman–Crippen MR) is 123 cm³/mol. The molecule has 0 unspecified atom stereocenters. The lowest BCUT2D eigenvalue weighted by molar-refractivity contribution is -2.00. The van der Waals surface area contributed by atoms with E-state index in [9.17, 15) is 0 Å². The second-order valence-electron chi connectivity index (χ2n) is 7.72. The Morgan fingerprint density at radius 3 is 1.85 bits per heavy atom. The largest absolute Gasteiger partial charge is 0.378 e. The maximum absolute atomic E-state index is 8.49. The lowest BCUT2D eigenvalue weighted by Crippen LogP contribution is -2.68. The van der Waals surface area contributed by atoms with E-state index in [1.165, 1.54) is 33.5 Å². The molecule has 7 nitrogen and oxygen atoms in total. The second kappa shape index (κ2) is 11.8. The van der Waals surface area contributed by atoms with Crippen molar-refractivity contribution in [2.45, 2.75) is 13.5 Å². The fourth-order valence-corrected chi connectivity index (χ4v) is 3.31. The molecule has 0 amide bonds. The highest BCUT2D eigenvalue weighted by Gasteiger charge is 2.12. The van der Waals surface area contributed by atoms with Crippen LogP contribution in [-0.4, -0.2) is 28.2 Å². The minimum atomic E-state index is -4.94. The van der Waals surface area contributed by atoms with Gasteiger partial charge >= 0.3 is 0 Å². The van der Waals surface area contributed by atoms with E-state index in [4.69, 9.17) is 18.6 Å². The molecule has 0 spiro atoms. The number of aryl methyl sites for hydroxylation is 1. The van der Waals surface area contributed by atoms with Gasteiger partial charge in [-0.3, -0.25) is 0 Å². The number of hydrogen-bond acceptors (Lipinski definition) is 6. The number of anilines is 2. The van der Waals surface area contributed by atoms with Crippen molar-refractivity contribution in [2.75, 3.05) is 38.0 Å². The molecule has 33 heavy (non-hydrogen) atoms. The van der Waals surface area contributed by atoms with Crippen LogP contribution in [0.4, 0.5) is 11.4 Å².